The summed E-state index contributed by atoms with van der Waals surface area (Å²) in [6.45, 7) is 0. The molecule has 0 rings (SSSR count). The van der Waals surface area contributed by atoms with Crippen molar-refractivity contribution in [2.75, 3.05) is 0 Å². The van der Waals surface area contributed by atoms with Crippen molar-refractivity contribution < 1.29 is 54.6 Å². The van der Waals surface area contributed by atoms with Crippen LogP contribution in [-0.4, -0.2) is 21.8 Å². The zero-order valence-electron chi connectivity index (χ0n) is 3.06. The third-order valence-electron chi connectivity index (χ3n) is 0. The van der Waals surface area contributed by atoms with Gasteiger partial charge in [0, 0.05) is 34.1 Å². The van der Waals surface area contributed by atoms with Crippen LogP contribution in [0.5, 0.6) is 0 Å². The molecule has 4 nitrogen and oxygen atoms in total. The Bertz CT molecular complexity index is 32.7. The van der Waals surface area contributed by atoms with Crippen LogP contribution >= 0.6 is 0 Å². The van der Waals surface area contributed by atoms with Gasteiger partial charge in [-0.25, -0.2) is 4.79 Å². The Kier molecular flexibility index (Phi) is 62.2. The van der Waals surface area contributed by atoms with Gasteiger partial charge in [-0.1, -0.05) is 0 Å². The Labute approximate surface area is 61.2 Å². The van der Waals surface area contributed by atoms with Crippen molar-refractivity contribution >= 4 is 6.16 Å². The van der Waals surface area contributed by atoms with E-state index in [1.54, 1.807) is 0 Å². The fourth-order valence-corrected chi connectivity index (χ4v) is 0. The van der Waals surface area contributed by atoms with Crippen LogP contribution in [0.3, 0.4) is 0 Å². The summed E-state index contributed by atoms with van der Waals surface area (Å²) in [4.78, 5) is 8.56. The molecule has 0 unspecified atom stereocenters. The summed E-state index contributed by atoms with van der Waals surface area (Å²) in [5, 5.41) is 13.9. The molecule has 4 N–H and O–H groups in total. The minimum absolute atomic E-state index is 0. The van der Waals surface area contributed by atoms with Crippen LogP contribution in [-0.2, 0) is 34.1 Å². The Morgan fingerprint density at radius 3 is 1.14 bits per heavy atom. The summed E-state index contributed by atoms with van der Waals surface area (Å²) < 4.78 is 0. The van der Waals surface area contributed by atoms with Gasteiger partial charge in [-0.05, 0) is 0 Å². The molecule has 6 heteroatoms. The molecule has 0 aromatic heterocycles. The number of hydrogen-bond donors (Lipinski definition) is 2. The Hall–Kier alpha value is 0.269. The minimum atomic E-state index is -1.83. The van der Waals surface area contributed by atoms with Gasteiger partial charge in [0.25, 0.3) is 0 Å². The zero-order chi connectivity index (χ0) is 3.58. The van der Waals surface area contributed by atoms with Gasteiger partial charge in [0.15, 0.2) is 0 Å². The van der Waals surface area contributed by atoms with E-state index in [-0.39, 0.29) is 39.6 Å². The first-order valence-electron chi connectivity index (χ1n) is 0.651. The SMILES string of the molecule is O.O=C(O)O.[Mn].[Mn]. The van der Waals surface area contributed by atoms with E-state index in [2.05, 4.69) is 0 Å². The largest absolute Gasteiger partial charge is 0.503 e. The third kappa shape index (κ3) is 1580. The molecule has 46 valence electrons. The molecular weight excluding hydrogens is 186 g/mol. The maximum Gasteiger partial charge on any atom is 0.503 e. The number of carboxylic acid groups (broad SMARTS) is 2. The van der Waals surface area contributed by atoms with Crippen molar-refractivity contribution in [3.63, 3.8) is 0 Å². The first-order chi connectivity index (χ1) is 1.73. The standard InChI is InChI=1S/CH2O3.2Mn.H2O/c2-1(3)4;;;/h(H2,2,3,4);;;1H2. The fourth-order valence-electron chi connectivity index (χ4n) is 0. The molecule has 2 radical (unpaired) electrons. The van der Waals surface area contributed by atoms with Gasteiger partial charge >= 0.3 is 6.16 Å². The number of rotatable bonds is 0. The minimum Gasteiger partial charge on any atom is -0.450 e. The van der Waals surface area contributed by atoms with Crippen LogP contribution in [0.1, 0.15) is 0 Å². The molecule has 0 aromatic carbocycles. The van der Waals surface area contributed by atoms with E-state index in [1.165, 1.54) is 0 Å². The zero-order valence-corrected chi connectivity index (χ0v) is 5.42. The summed E-state index contributed by atoms with van der Waals surface area (Å²) in [6, 6.07) is 0. The molecule has 0 aliphatic carbocycles. The second-order valence-electron chi connectivity index (χ2n) is 0.283. The van der Waals surface area contributed by atoms with Crippen molar-refractivity contribution in [2.24, 2.45) is 0 Å². The van der Waals surface area contributed by atoms with E-state index in [0.717, 1.165) is 0 Å². The molecule has 0 bridgehead atoms. The predicted octanol–water partition coefficient (Wildman–Crippen LogP) is -0.607. The molecule has 0 fully saturated rings. The van der Waals surface area contributed by atoms with Crippen molar-refractivity contribution in [1.82, 2.24) is 0 Å². The number of hydrogen-bond acceptors (Lipinski definition) is 1. The van der Waals surface area contributed by atoms with Crippen molar-refractivity contribution in [1.29, 1.82) is 0 Å². The molecule has 0 saturated carbocycles. The molecule has 0 amide bonds. The summed E-state index contributed by atoms with van der Waals surface area (Å²) in [5.74, 6) is 0. The average molecular weight is 190 g/mol. The van der Waals surface area contributed by atoms with Gasteiger partial charge in [-0.3, -0.25) is 0 Å². The van der Waals surface area contributed by atoms with Gasteiger partial charge in [0.2, 0.25) is 0 Å². The van der Waals surface area contributed by atoms with Gasteiger partial charge < -0.3 is 15.7 Å². The molecule has 0 aromatic rings. The molecule has 0 atom stereocenters. The monoisotopic (exact) mass is 190 g/mol. The van der Waals surface area contributed by atoms with Crippen molar-refractivity contribution in [3.05, 3.63) is 0 Å². The Morgan fingerprint density at radius 2 is 1.14 bits per heavy atom. The van der Waals surface area contributed by atoms with Crippen molar-refractivity contribution in [3.8, 4) is 0 Å². The topological polar surface area (TPSA) is 89.0 Å². The van der Waals surface area contributed by atoms with Gasteiger partial charge in [0.05, 0.1) is 0 Å². The van der Waals surface area contributed by atoms with Crippen LogP contribution in [0.15, 0.2) is 0 Å². The van der Waals surface area contributed by atoms with Gasteiger partial charge in [-0.2, -0.15) is 0 Å². The summed E-state index contributed by atoms with van der Waals surface area (Å²) in [5.41, 5.74) is 0. The van der Waals surface area contributed by atoms with Crippen LogP contribution in [0.2, 0.25) is 0 Å². The second kappa shape index (κ2) is 16.3. The second-order valence-corrected chi connectivity index (χ2v) is 0.283. The molecule has 7 heavy (non-hydrogen) atoms. The van der Waals surface area contributed by atoms with Crippen LogP contribution < -0.4 is 0 Å². The van der Waals surface area contributed by atoms with Gasteiger partial charge in [0.1, 0.15) is 0 Å². The van der Waals surface area contributed by atoms with Gasteiger partial charge in [-0.15, -0.1) is 0 Å². The summed E-state index contributed by atoms with van der Waals surface area (Å²) >= 11 is 0. The van der Waals surface area contributed by atoms with Crippen LogP contribution in [0.4, 0.5) is 4.79 Å². The summed E-state index contributed by atoms with van der Waals surface area (Å²) in [6.07, 6.45) is -1.83. The van der Waals surface area contributed by atoms with E-state index < -0.39 is 6.16 Å². The molecule has 0 spiro atoms. The summed E-state index contributed by atoms with van der Waals surface area (Å²) in [7, 11) is 0. The maximum atomic E-state index is 8.56. The maximum absolute atomic E-state index is 8.56. The smallest absolute Gasteiger partial charge is 0.450 e. The van der Waals surface area contributed by atoms with Crippen molar-refractivity contribution in [2.45, 2.75) is 0 Å². The normalized spacial score (nSPS) is 3.43. The Balaban J connectivity index is -0.0000000150. The first-order valence-corrected chi connectivity index (χ1v) is 0.651. The van der Waals surface area contributed by atoms with E-state index in [4.69, 9.17) is 15.0 Å². The quantitative estimate of drug-likeness (QED) is 0.499. The van der Waals surface area contributed by atoms with Crippen LogP contribution in [0, 0.1) is 0 Å². The first kappa shape index (κ1) is 26.7. The average Bonchev–Trinajstić information content (AvgIpc) is 0.811. The predicted molar refractivity (Wildman–Crippen MR) is 14.3 cm³/mol. The molecule has 0 saturated heterocycles. The van der Waals surface area contributed by atoms with E-state index in [0.29, 0.717) is 0 Å². The number of carbonyl (C=O) groups is 1. The van der Waals surface area contributed by atoms with E-state index >= 15 is 0 Å². The van der Waals surface area contributed by atoms with E-state index in [1.807, 2.05) is 0 Å². The van der Waals surface area contributed by atoms with E-state index in [9.17, 15) is 0 Å². The molecule has 0 heterocycles. The third-order valence-corrected chi connectivity index (χ3v) is 0. The molecular formula is CH4Mn2O4. The molecule has 0 aliphatic heterocycles. The molecule has 0 aliphatic rings. The Morgan fingerprint density at radius 1 is 1.14 bits per heavy atom. The van der Waals surface area contributed by atoms with Crippen LogP contribution in [0.25, 0.3) is 0 Å². The fraction of sp³-hybridized carbons (Fsp3) is 0.